The molecular weight excluding hydrogens is 413 g/mol. The third kappa shape index (κ3) is 3.52. The second-order valence-corrected chi connectivity index (χ2v) is 7.31. The van der Waals surface area contributed by atoms with Crippen LogP contribution in [-0.2, 0) is 20.8 Å². The number of amides is 3. The van der Waals surface area contributed by atoms with Crippen LogP contribution in [0.1, 0.15) is 12.5 Å². The Balaban J connectivity index is 1.47. The van der Waals surface area contributed by atoms with E-state index in [1.165, 1.54) is 17.1 Å². The Morgan fingerprint density at radius 3 is 2.57 bits per heavy atom. The Morgan fingerprint density at radius 2 is 1.90 bits per heavy atom. The normalized spacial score (nSPS) is 20.1. The first kappa shape index (κ1) is 20.0. The summed E-state index contributed by atoms with van der Waals surface area (Å²) in [6.07, 6.45) is 0.837. The number of carbonyl (C=O) groups is 3. The molecule has 0 bridgehead atoms. The monoisotopic (exact) mass is 429 g/mol. The van der Waals surface area contributed by atoms with Crippen molar-refractivity contribution in [3.05, 3.63) is 58.9 Å². The smallest absolute Gasteiger partial charge is 0.263 e. The number of hydrogen-bond acceptors (Lipinski definition) is 6. The summed E-state index contributed by atoms with van der Waals surface area (Å²) in [5, 5.41) is 11.3. The van der Waals surface area contributed by atoms with Crippen molar-refractivity contribution in [2.75, 3.05) is 16.8 Å². The molecule has 0 aliphatic carbocycles. The van der Waals surface area contributed by atoms with Gasteiger partial charge < -0.3 is 5.32 Å². The maximum atomic E-state index is 13.3. The SMILES string of the molecule is CCc1ccc(N2C(=O)C3N=NN(CC(=O)Nc4ccc(F)c(Cl)c4)C3C2=O)cc1. The van der Waals surface area contributed by atoms with Crippen LogP contribution < -0.4 is 10.2 Å². The molecule has 2 aromatic rings. The molecule has 2 unspecified atom stereocenters. The minimum Gasteiger partial charge on any atom is -0.324 e. The van der Waals surface area contributed by atoms with E-state index in [1.54, 1.807) is 12.1 Å². The number of rotatable bonds is 5. The lowest BCUT2D eigenvalue weighted by atomic mass is 10.1. The van der Waals surface area contributed by atoms with E-state index in [2.05, 4.69) is 15.7 Å². The second-order valence-electron chi connectivity index (χ2n) is 6.90. The van der Waals surface area contributed by atoms with Gasteiger partial charge in [0.1, 0.15) is 12.4 Å². The molecule has 2 aliphatic rings. The standard InChI is InChI=1S/C20H17ClFN5O3/c1-2-11-3-6-13(7-4-11)27-19(29)17-18(20(27)30)26(25-24-17)10-16(28)23-12-5-8-15(22)14(21)9-12/h3-9,17-18H,2,10H2,1H3,(H,23,28). The van der Waals surface area contributed by atoms with E-state index in [0.717, 1.165) is 23.0 Å². The molecule has 8 nitrogen and oxygen atoms in total. The van der Waals surface area contributed by atoms with Gasteiger partial charge in [-0.1, -0.05) is 35.9 Å². The highest BCUT2D eigenvalue weighted by Crippen LogP contribution is 2.32. The molecule has 4 rings (SSSR count). The number of nitrogens with zero attached hydrogens (tertiary/aromatic N) is 4. The Bertz CT molecular complexity index is 1060. The molecule has 154 valence electrons. The largest absolute Gasteiger partial charge is 0.324 e. The lowest BCUT2D eigenvalue weighted by molar-refractivity contribution is -0.123. The van der Waals surface area contributed by atoms with Crippen molar-refractivity contribution >= 4 is 40.7 Å². The number of halogens is 2. The maximum Gasteiger partial charge on any atom is 0.263 e. The fraction of sp³-hybridized carbons (Fsp3) is 0.250. The van der Waals surface area contributed by atoms with E-state index in [4.69, 9.17) is 11.6 Å². The van der Waals surface area contributed by atoms with Gasteiger partial charge in [-0.2, -0.15) is 5.11 Å². The van der Waals surface area contributed by atoms with Gasteiger partial charge in [0.25, 0.3) is 11.8 Å². The maximum absolute atomic E-state index is 13.3. The lowest BCUT2D eigenvalue weighted by Crippen LogP contribution is -2.43. The Morgan fingerprint density at radius 1 is 1.17 bits per heavy atom. The summed E-state index contributed by atoms with van der Waals surface area (Å²) in [7, 11) is 0. The van der Waals surface area contributed by atoms with E-state index in [1.807, 2.05) is 19.1 Å². The number of nitrogens with one attached hydrogen (secondary N) is 1. The van der Waals surface area contributed by atoms with E-state index in [-0.39, 0.29) is 11.6 Å². The minimum absolute atomic E-state index is 0.130. The predicted octanol–water partition coefficient (Wildman–Crippen LogP) is 2.97. The zero-order chi connectivity index (χ0) is 21.4. The third-order valence-electron chi connectivity index (χ3n) is 4.97. The first-order chi connectivity index (χ1) is 14.4. The van der Waals surface area contributed by atoms with Gasteiger partial charge in [0, 0.05) is 5.69 Å². The summed E-state index contributed by atoms with van der Waals surface area (Å²) >= 11 is 5.71. The summed E-state index contributed by atoms with van der Waals surface area (Å²) in [5.41, 5.74) is 1.83. The highest BCUT2D eigenvalue weighted by Gasteiger charge is 2.55. The second kappa shape index (κ2) is 7.83. The van der Waals surface area contributed by atoms with Crippen molar-refractivity contribution in [3.8, 4) is 0 Å². The molecule has 0 saturated carbocycles. The summed E-state index contributed by atoms with van der Waals surface area (Å²) in [6, 6.07) is 8.92. The molecule has 0 aromatic heterocycles. The summed E-state index contributed by atoms with van der Waals surface area (Å²) in [6.45, 7) is 1.70. The van der Waals surface area contributed by atoms with Crippen molar-refractivity contribution in [3.63, 3.8) is 0 Å². The van der Waals surface area contributed by atoms with Gasteiger partial charge in [0.2, 0.25) is 5.91 Å². The molecule has 10 heteroatoms. The van der Waals surface area contributed by atoms with Gasteiger partial charge in [0.05, 0.1) is 10.7 Å². The Kier molecular flexibility index (Phi) is 5.21. The molecule has 2 atom stereocenters. The minimum atomic E-state index is -0.989. The molecule has 0 spiro atoms. The topological polar surface area (TPSA) is 94.4 Å². The Hall–Kier alpha value is -3.33. The van der Waals surface area contributed by atoms with E-state index in [9.17, 15) is 18.8 Å². The van der Waals surface area contributed by atoms with Crippen molar-refractivity contribution < 1.29 is 18.8 Å². The zero-order valence-electron chi connectivity index (χ0n) is 15.9. The van der Waals surface area contributed by atoms with Gasteiger partial charge in [-0.15, -0.1) is 0 Å². The van der Waals surface area contributed by atoms with Gasteiger partial charge in [-0.3, -0.25) is 19.4 Å². The molecule has 3 amide bonds. The highest BCUT2D eigenvalue weighted by atomic mass is 35.5. The van der Waals surface area contributed by atoms with E-state index >= 15 is 0 Å². The number of fused-ring (bicyclic) bond motifs is 1. The Labute approximate surface area is 176 Å². The quantitative estimate of drug-likeness (QED) is 0.739. The van der Waals surface area contributed by atoms with Gasteiger partial charge in [0.15, 0.2) is 12.1 Å². The molecule has 2 heterocycles. The van der Waals surface area contributed by atoms with Crippen LogP contribution in [0.2, 0.25) is 5.02 Å². The fourth-order valence-corrected chi connectivity index (χ4v) is 3.59. The molecule has 1 N–H and O–H groups in total. The summed E-state index contributed by atoms with van der Waals surface area (Å²) < 4.78 is 13.3. The number of benzene rings is 2. The van der Waals surface area contributed by atoms with Crippen molar-refractivity contribution in [2.45, 2.75) is 25.4 Å². The van der Waals surface area contributed by atoms with Gasteiger partial charge in [-0.25, -0.2) is 9.29 Å². The lowest BCUT2D eigenvalue weighted by Gasteiger charge is -2.20. The molecule has 2 aliphatic heterocycles. The van der Waals surface area contributed by atoms with Gasteiger partial charge >= 0.3 is 0 Å². The van der Waals surface area contributed by atoms with E-state index in [0.29, 0.717) is 11.4 Å². The average molecular weight is 430 g/mol. The molecule has 30 heavy (non-hydrogen) atoms. The van der Waals surface area contributed by atoms with E-state index < -0.39 is 35.6 Å². The van der Waals surface area contributed by atoms with Crippen LogP contribution in [0.5, 0.6) is 0 Å². The average Bonchev–Trinajstić information content (AvgIpc) is 3.24. The summed E-state index contributed by atoms with van der Waals surface area (Å²) in [5.74, 6) is -2.08. The van der Waals surface area contributed by atoms with Crippen molar-refractivity contribution in [2.24, 2.45) is 10.3 Å². The fourth-order valence-electron chi connectivity index (χ4n) is 3.41. The molecular formula is C20H17ClFN5O3. The van der Waals surface area contributed by atoms with Gasteiger partial charge in [-0.05, 0) is 42.3 Å². The zero-order valence-corrected chi connectivity index (χ0v) is 16.6. The molecule has 2 aromatic carbocycles. The molecule has 0 radical (unpaired) electrons. The molecule has 1 fully saturated rings. The van der Waals surface area contributed by atoms with Crippen LogP contribution in [0.15, 0.2) is 52.8 Å². The number of hydrogen-bond donors (Lipinski definition) is 1. The predicted molar refractivity (Wildman–Crippen MR) is 107 cm³/mol. The first-order valence-electron chi connectivity index (χ1n) is 9.28. The number of anilines is 2. The van der Waals surface area contributed by atoms with Crippen molar-refractivity contribution in [1.82, 2.24) is 5.01 Å². The van der Waals surface area contributed by atoms with Crippen LogP contribution in [0.25, 0.3) is 0 Å². The van der Waals surface area contributed by atoms with Crippen LogP contribution >= 0.6 is 11.6 Å². The number of imide groups is 1. The van der Waals surface area contributed by atoms with Crippen LogP contribution in [0, 0.1) is 5.82 Å². The van der Waals surface area contributed by atoms with Crippen LogP contribution in [0.4, 0.5) is 15.8 Å². The van der Waals surface area contributed by atoms with Crippen molar-refractivity contribution in [1.29, 1.82) is 0 Å². The molecule has 1 saturated heterocycles. The summed E-state index contributed by atoms with van der Waals surface area (Å²) in [4.78, 5) is 39.1. The third-order valence-corrected chi connectivity index (χ3v) is 5.26. The highest BCUT2D eigenvalue weighted by molar-refractivity contribution is 6.31. The van der Waals surface area contributed by atoms with Crippen LogP contribution in [0.3, 0.4) is 0 Å². The number of carbonyl (C=O) groups excluding carboxylic acids is 3. The van der Waals surface area contributed by atoms with Crippen LogP contribution in [-0.4, -0.2) is 41.4 Å². The first-order valence-corrected chi connectivity index (χ1v) is 9.66. The number of aryl methyl sites for hydroxylation is 1.